The van der Waals surface area contributed by atoms with Gasteiger partial charge in [-0.25, -0.2) is 0 Å². The van der Waals surface area contributed by atoms with E-state index >= 15 is 0 Å². The minimum absolute atomic E-state index is 0.281. The van der Waals surface area contributed by atoms with Crippen molar-refractivity contribution in [3.63, 3.8) is 0 Å². The molecular weight excluding hydrogens is 222 g/mol. The van der Waals surface area contributed by atoms with Crippen molar-refractivity contribution in [3.05, 3.63) is 29.3 Å². The van der Waals surface area contributed by atoms with E-state index in [0.717, 1.165) is 11.1 Å². The second kappa shape index (κ2) is 11.4. The molecule has 0 bridgehead atoms. The van der Waals surface area contributed by atoms with Gasteiger partial charge in [-0.05, 0) is 25.0 Å². The molecule has 1 rings (SSSR count). The summed E-state index contributed by atoms with van der Waals surface area (Å²) >= 11 is 0. The van der Waals surface area contributed by atoms with Crippen molar-refractivity contribution in [1.82, 2.24) is 0 Å². The lowest BCUT2D eigenvalue weighted by Crippen LogP contribution is -2.04. The van der Waals surface area contributed by atoms with E-state index in [1.165, 1.54) is 0 Å². The Bertz CT molecular complexity index is 286. The molecule has 0 N–H and O–H groups in total. The summed E-state index contributed by atoms with van der Waals surface area (Å²) in [6.07, 6.45) is 0.698. The summed E-state index contributed by atoms with van der Waals surface area (Å²) in [5.74, 6) is 0.281. The normalized spacial score (nSPS) is 8.76. The number of alkyl halides is 2. The van der Waals surface area contributed by atoms with Gasteiger partial charge in [0.2, 0.25) is 0 Å². The van der Waals surface area contributed by atoms with Gasteiger partial charge in [0.05, 0.1) is 0 Å². The molecule has 0 heterocycles. The maximum Gasteiger partial charge on any atom is 0.387 e. The van der Waals surface area contributed by atoms with Crippen molar-refractivity contribution in [2.24, 2.45) is 0 Å². The Kier molecular flexibility index (Phi) is 12.2. The number of hydrogen-bond acceptors (Lipinski definition) is 1. The first-order valence-corrected chi connectivity index (χ1v) is 6.17. The molecular formula is C14H24F2O. The maximum atomic E-state index is 11.9. The van der Waals surface area contributed by atoms with Gasteiger partial charge in [-0.3, -0.25) is 0 Å². The summed E-state index contributed by atoms with van der Waals surface area (Å²) < 4.78 is 28.2. The van der Waals surface area contributed by atoms with Gasteiger partial charge in [0.1, 0.15) is 5.75 Å². The fourth-order valence-electron chi connectivity index (χ4n) is 1.20. The molecule has 0 saturated heterocycles. The van der Waals surface area contributed by atoms with Crippen molar-refractivity contribution in [2.75, 3.05) is 0 Å². The van der Waals surface area contributed by atoms with Gasteiger partial charge < -0.3 is 4.74 Å². The maximum absolute atomic E-state index is 11.9. The summed E-state index contributed by atoms with van der Waals surface area (Å²) in [6.45, 7) is 9.09. The van der Waals surface area contributed by atoms with E-state index < -0.39 is 6.61 Å². The van der Waals surface area contributed by atoms with Gasteiger partial charge in [0.25, 0.3) is 0 Å². The van der Waals surface area contributed by atoms with Crippen molar-refractivity contribution in [2.45, 2.75) is 54.6 Å². The average Bonchev–Trinajstić information content (AvgIpc) is 2.36. The zero-order valence-corrected chi connectivity index (χ0v) is 11.7. The largest absolute Gasteiger partial charge is 0.435 e. The zero-order valence-electron chi connectivity index (χ0n) is 11.7. The van der Waals surface area contributed by atoms with Crippen molar-refractivity contribution in [1.29, 1.82) is 0 Å². The number of aryl methyl sites for hydroxylation is 2. The Morgan fingerprint density at radius 1 is 1.12 bits per heavy atom. The first-order chi connectivity index (χ1) is 8.13. The minimum Gasteiger partial charge on any atom is -0.435 e. The third kappa shape index (κ3) is 7.72. The Morgan fingerprint density at radius 3 is 2.06 bits per heavy atom. The van der Waals surface area contributed by atoms with Crippen LogP contribution in [0, 0.1) is 6.92 Å². The second-order valence-electron chi connectivity index (χ2n) is 2.84. The van der Waals surface area contributed by atoms with Crippen molar-refractivity contribution in [3.8, 4) is 5.75 Å². The Labute approximate surface area is 104 Å². The fourth-order valence-corrected chi connectivity index (χ4v) is 1.20. The van der Waals surface area contributed by atoms with Crippen LogP contribution in [-0.2, 0) is 6.42 Å². The lowest BCUT2D eigenvalue weighted by Gasteiger charge is -2.09. The highest BCUT2D eigenvalue weighted by Crippen LogP contribution is 2.22. The molecule has 0 unspecified atom stereocenters. The van der Waals surface area contributed by atoms with Gasteiger partial charge >= 0.3 is 6.61 Å². The predicted molar refractivity (Wildman–Crippen MR) is 69.9 cm³/mol. The number of benzene rings is 1. The highest BCUT2D eigenvalue weighted by atomic mass is 19.3. The topological polar surface area (TPSA) is 9.23 Å². The molecule has 17 heavy (non-hydrogen) atoms. The smallest absolute Gasteiger partial charge is 0.387 e. The standard InChI is InChI=1S/C10H12F2O.2C2H6/c1-3-8-6-7(2)4-5-9(8)13-10(11)12;2*1-2/h4-6,10H,3H2,1-2H3;2*1-2H3. The lowest BCUT2D eigenvalue weighted by molar-refractivity contribution is -0.0504. The van der Waals surface area contributed by atoms with E-state index in [4.69, 9.17) is 0 Å². The summed E-state index contributed by atoms with van der Waals surface area (Å²) in [6, 6.07) is 5.20. The second-order valence-corrected chi connectivity index (χ2v) is 2.84. The summed E-state index contributed by atoms with van der Waals surface area (Å²) in [5, 5.41) is 0. The van der Waals surface area contributed by atoms with Crippen LogP contribution < -0.4 is 4.74 Å². The average molecular weight is 246 g/mol. The van der Waals surface area contributed by atoms with Crippen LogP contribution in [0.4, 0.5) is 8.78 Å². The third-order valence-corrected chi connectivity index (χ3v) is 1.81. The first-order valence-electron chi connectivity index (χ1n) is 6.17. The number of rotatable bonds is 3. The third-order valence-electron chi connectivity index (χ3n) is 1.81. The summed E-state index contributed by atoms with van der Waals surface area (Å²) in [4.78, 5) is 0. The molecule has 100 valence electrons. The molecule has 0 spiro atoms. The molecule has 0 fully saturated rings. The summed E-state index contributed by atoms with van der Waals surface area (Å²) in [7, 11) is 0. The van der Waals surface area contributed by atoms with Crippen LogP contribution >= 0.6 is 0 Å². The first kappa shape index (κ1) is 18.3. The lowest BCUT2D eigenvalue weighted by atomic mass is 10.1. The van der Waals surface area contributed by atoms with E-state index in [9.17, 15) is 8.78 Å². The number of halogens is 2. The van der Waals surface area contributed by atoms with E-state index in [-0.39, 0.29) is 5.75 Å². The van der Waals surface area contributed by atoms with Crippen molar-refractivity contribution < 1.29 is 13.5 Å². The Morgan fingerprint density at radius 2 is 1.65 bits per heavy atom. The molecule has 0 radical (unpaired) electrons. The monoisotopic (exact) mass is 246 g/mol. The molecule has 1 aromatic rings. The minimum atomic E-state index is -2.74. The van der Waals surface area contributed by atoms with Crippen LogP contribution in [0.5, 0.6) is 5.75 Å². The van der Waals surface area contributed by atoms with Crippen LogP contribution in [0.15, 0.2) is 18.2 Å². The quantitative estimate of drug-likeness (QED) is 0.711. The number of hydrogen-bond donors (Lipinski definition) is 0. The molecule has 1 aromatic carbocycles. The Hall–Kier alpha value is -1.12. The van der Waals surface area contributed by atoms with Gasteiger partial charge in [0, 0.05) is 0 Å². The zero-order chi connectivity index (χ0) is 13.8. The van der Waals surface area contributed by atoms with E-state index in [2.05, 4.69) is 4.74 Å². The highest BCUT2D eigenvalue weighted by Gasteiger charge is 2.07. The van der Waals surface area contributed by atoms with Crippen molar-refractivity contribution >= 4 is 0 Å². The molecule has 0 atom stereocenters. The van der Waals surface area contributed by atoms with Gasteiger partial charge in [0.15, 0.2) is 0 Å². The SMILES string of the molecule is CC.CC.CCc1cc(C)ccc1OC(F)F. The van der Waals surface area contributed by atoms with Crippen LogP contribution in [0.3, 0.4) is 0 Å². The number of ether oxygens (including phenoxy) is 1. The van der Waals surface area contributed by atoms with Gasteiger partial charge in [-0.1, -0.05) is 52.3 Å². The van der Waals surface area contributed by atoms with Gasteiger partial charge in [-0.15, -0.1) is 0 Å². The molecule has 1 nitrogen and oxygen atoms in total. The molecule has 0 aliphatic carbocycles. The predicted octanol–water partition coefficient (Wildman–Crippen LogP) is 5.21. The highest BCUT2D eigenvalue weighted by molar-refractivity contribution is 5.36. The van der Waals surface area contributed by atoms with E-state index in [1.807, 2.05) is 47.6 Å². The molecule has 0 aromatic heterocycles. The van der Waals surface area contributed by atoms with E-state index in [1.54, 1.807) is 12.1 Å². The molecule has 0 aliphatic rings. The van der Waals surface area contributed by atoms with Crippen LogP contribution in [0.2, 0.25) is 0 Å². The molecule has 0 aliphatic heterocycles. The van der Waals surface area contributed by atoms with Crippen LogP contribution in [0.1, 0.15) is 45.7 Å². The summed E-state index contributed by atoms with van der Waals surface area (Å²) in [5.41, 5.74) is 1.87. The van der Waals surface area contributed by atoms with Crippen LogP contribution in [0.25, 0.3) is 0 Å². The molecule has 3 heteroatoms. The Balaban J connectivity index is 0. The molecule has 0 saturated carbocycles. The van der Waals surface area contributed by atoms with Crippen LogP contribution in [-0.4, -0.2) is 6.61 Å². The van der Waals surface area contributed by atoms with Gasteiger partial charge in [-0.2, -0.15) is 8.78 Å². The molecule has 0 amide bonds. The van der Waals surface area contributed by atoms with E-state index in [0.29, 0.717) is 6.42 Å². The fraction of sp³-hybridized carbons (Fsp3) is 0.571.